The van der Waals surface area contributed by atoms with Crippen LogP contribution in [0.3, 0.4) is 0 Å². The topological polar surface area (TPSA) is 82.0 Å². The number of carbonyl (C=O) groups excluding carboxylic acids is 2. The maximum atomic E-state index is 12.1. The molecule has 2 N–H and O–H groups in total. The van der Waals surface area contributed by atoms with Crippen LogP contribution < -0.4 is 10.6 Å². The predicted octanol–water partition coefficient (Wildman–Crippen LogP) is 1.10. The highest BCUT2D eigenvalue weighted by molar-refractivity contribution is 5.91. The molecule has 0 saturated heterocycles. The molecule has 1 aliphatic rings. The molecule has 0 aromatic rings. The second-order valence-electron chi connectivity index (χ2n) is 4.89. The minimum Gasteiger partial charge on any atom is -0.354 e. The smallest absolute Gasteiger partial charge is 0.242 e. The second-order valence-corrected chi connectivity index (χ2v) is 4.89. The summed E-state index contributed by atoms with van der Waals surface area (Å²) in [4.78, 5) is 23.7. The molecule has 5 heteroatoms. The van der Waals surface area contributed by atoms with Crippen LogP contribution in [0.15, 0.2) is 0 Å². The molecule has 5 nitrogen and oxygen atoms in total. The van der Waals surface area contributed by atoms with Crippen molar-refractivity contribution in [1.29, 1.82) is 5.26 Å². The van der Waals surface area contributed by atoms with E-state index in [1.807, 2.05) is 6.92 Å². The van der Waals surface area contributed by atoms with E-state index in [-0.39, 0.29) is 11.8 Å². The molecule has 1 atom stereocenters. The van der Waals surface area contributed by atoms with Gasteiger partial charge in [-0.2, -0.15) is 5.26 Å². The molecule has 0 bridgehead atoms. The Labute approximate surface area is 108 Å². The average molecular weight is 251 g/mol. The maximum Gasteiger partial charge on any atom is 0.242 e. The van der Waals surface area contributed by atoms with Crippen molar-refractivity contribution in [3.63, 3.8) is 0 Å². The van der Waals surface area contributed by atoms with Crippen LogP contribution in [0.5, 0.6) is 0 Å². The Hall–Kier alpha value is -1.57. The third-order valence-electron chi connectivity index (χ3n) is 3.40. The first-order valence-electron chi connectivity index (χ1n) is 6.55. The molecule has 0 aliphatic heterocycles. The number of amides is 2. The van der Waals surface area contributed by atoms with E-state index in [0.717, 1.165) is 19.3 Å². The zero-order valence-corrected chi connectivity index (χ0v) is 11.1. The van der Waals surface area contributed by atoms with Crippen LogP contribution in [0.25, 0.3) is 0 Å². The van der Waals surface area contributed by atoms with E-state index in [4.69, 9.17) is 5.26 Å². The Morgan fingerprint density at radius 3 is 2.50 bits per heavy atom. The first-order chi connectivity index (χ1) is 8.55. The van der Waals surface area contributed by atoms with Gasteiger partial charge in [0.1, 0.15) is 11.5 Å². The summed E-state index contributed by atoms with van der Waals surface area (Å²) >= 11 is 0. The number of nitrogens with zero attached hydrogens (tertiary/aromatic N) is 1. The van der Waals surface area contributed by atoms with Gasteiger partial charge in [-0.3, -0.25) is 9.59 Å². The molecule has 0 radical (unpaired) electrons. The van der Waals surface area contributed by atoms with Crippen molar-refractivity contribution in [2.45, 2.75) is 52.0 Å². The highest BCUT2D eigenvalue weighted by Gasteiger charge is 2.42. The number of rotatable bonds is 5. The SMILES string of the molecule is CCCNC(=O)C(C)NC(=O)C1(C#N)CCCC1. The summed E-state index contributed by atoms with van der Waals surface area (Å²) in [5, 5.41) is 14.5. The summed E-state index contributed by atoms with van der Waals surface area (Å²) in [5.74, 6) is -0.502. The fourth-order valence-corrected chi connectivity index (χ4v) is 2.17. The van der Waals surface area contributed by atoms with E-state index in [0.29, 0.717) is 19.4 Å². The van der Waals surface area contributed by atoms with Crippen LogP contribution in [0.2, 0.25) is 0 Å². The minimum atomic E-state index is -0.917. The van der Waals surface area contributed by atoms with Crippen LogP contribution in [-0.4, -0.2) is 24.4 Å². The minimum absolute atomic E-state index is 0.198. The van der Waals surface area contributed by atoms with Gasteiger partial charge in [0.25, 0.3) is 0 Å². The van der Waals surface area contributed by atoms with Crippen molar-refractivity contribution < 1.29 is 9.59 Å². The van der Waals surface area contributed by atoms with Gasteiger partial charge in [0.2, 0.25) is 11.8 Å². The molecule has 100 valence electrons. The zero-order valence-electron chi connectivity index (χ0n) is 11.1. The lowest BCUT2D eigenvalue weighted by Crippen LogP contribution is -2.49. The molecular formula is C13H21N3O2. The lowest BCUT2D eigenvalue weighted by atomic mass is 9.87. The molecule has 0 aromatic carbocycles. The van der Waals surface area contributed by atoms with Crippen LogP contribution >= 0.6 is 0 Å². The molecule has 1 unspecified atom stereocenters. The fourth-order valence-electron chi connectivity index (χ4n) is 2.17. The van der Waals surface area contributed by atoms with Gasteiger partial charge in [0.15, 0.2) is 0 Å². The average Bonchev–Trinajstić information content (AvgIpc) is 2.85. The predicted molar refractivity (Wildman–Crippen MR) is 67.4 cm³/mol. The summed E-state index contributed by atoms with van der Waals surface area (Å²) in [6.45, 7) is 4.21. The molecule has 0 spiro atoms. The monoisotopic (exact) mass is 251 g/mol. The third kappa shape index (κ3) is 3.22. The lowest BCUT2D eigenvalue weighted by molar-refractivity contribution is -0.132. The number of hydrogen-bond acceptors (Lipinski definition) is 3. The Bertz CT molecular complexity index is 354. The van der Waals surface area contributed by atoms with Gasteiger partial charge in [0.05, 0.1) is 6.07 Å². The molecule has 1 rings (SSSR count). The Morgan fingerprint density at radius 2 is 2.00 bits per heavy atom. The number of nitrogens with one attached hydrogen (secondary N) is 2. The van der Waals surface area contributed by atoms with Crippen molar-refractivity contribution in [3.05, 3.63) is 0 Å². The van der Waals surface area contributed by atoms with Gasteiger partial charge in [-0.1, -0.05) is 19.8 Å². The molecule has 2 amide bonds. The van der Waals surface area contributed by atoms with Gasteiger partial charge in [0, 0.05) is 6.54 Å². The lowest BCUT2D eigenvalue weighted by Gasteiger charge is -2.22. The molecule has 18 heavy (non-hydrogen) atoms. The largest absolute Gasteiger partial charge is 0.354 e. The van der Waals surface area contributed by atoms with Gasteiger partial charge in [-0.15, -0.1) is 0 Å². The van der Waals surface area contributed by atoms with E-state index in [1.54, 1.807) is 6.92 Å². The summed E-state index contributed by atoms with van der Waals surface area (Å²) < 4.78 is 0. The molecule has 1 fully saturated rings. The number of hydrogen-bond donors (Lipinski definition) is 2. The van der Waals surface area contributed by atoms with Crippen molar-refractivity contribution in [2.24, 2.45) is 5.41 Å². The Kier molecular flexibility index (Phi) is 5.14. The van der Waals surface area contributed by atoms with E-state index < -0.39 is 11.5 Å². The van der Waals surface area contributed by atoms with Gasteiger partial charge >= 0.3 is 0 Å². The summed E-state index contributed by atoms with van der Waals surface area (Å²) in [6.07, 6.45) is 3.85. The van der Waals surface area contributed by atoms with E-state index in [9.17, 15) is 9.59 Å². The van der Waals surface area contributed by atoms with Crippen LogP contribution in [0.4, 0.5) is 0 Å². The highest BCUT2D eigenvalue weighted by atomic mass is 16.2. The standard InChI is InChI=1S/C13H21N3O2/c1-3-8-15-11(17)10(2)16-12(18)13(9-14)6-4-5-7-13/h10H,3-8H2,1-2H3,(H,15,17)(H,16,18). The normalized spacial score (nSPS) is 18.7. The fraction of sp³-hybridized carbons (Fsp3) is 0.769. The van der Waals surface area contributed by atoms with Crippen molar-refractivity contribution in [1.82, 2.24) is 10.6 Å². The number of carbonyl (C=O) groups is 2. The highest BCUT2D eigenvalue weighted by Crippen LogP contribution is 2.37. The van der Waals surface area contributed by atoms with Crippen molar-refractivity contribution in [3.8, 4) is 6.07 Å². The van der Waals surface area contributed by atoms with Crippen molar-refractivity contribution >= 4 is 11.8 Å². The first kappa shape index (κ1) is 14.5. The van der Waals surface area contributed by atoms with Gasteiger partial charge < -0.3 is 10.6 Å². The third-order valence-corrected chi connectivity index (χ3v) is 3.40. The van der Waals surface area contributed by atoms with Gasteiger partial charge in [-0.25, -0.2) is 0 Å². The maximum absolute atomic E-state index is 12.1. The van der Waals surface area contributed by atoms with E-state index >= 15 is 0 Å². The molecule has 1 aliphatic carbocycles. The number of nitriles is 1. The molecular weight excluding hydrogens is 230 g/mol. The first-order valence-corrected chi connectivity index (χ1v) is 6.55. The molecule has 1 saturated carbocycles. The quantitative estimate of drug-likeness (QED) is 0.767. The van der Waals surface area contributed by atoms with Crippen LogP contribution in [-0.2, 0) is 9.59 Å². The zero-order chi connectivity index (χ0) is 13.6. The van der Waals surface area contributed by atoms with Crippen molar-refractivity contribution in [2.75, 3.05) is 6.54 Å². The summed E-state index contributed by atoms with van der Waals surface area (Å²) in [5.41, 5.74) is -0.917. The summed E-state index contributed by atoms with van der Waals surface area (Å²) in [6, 6.07) is 1.53. The second kappa shape index (κ2) is 6.39. The van der Waals surface area contributed by atoms with E-state index in [1.165, 1.54) is 0 Å². The molecule has 0 heterocycles. The Morgan fingerprint density at radius 1 is 1.39 bits per heavy atom. The Balaban J connectivity index is 2.53. The van der Waals surface area contributed by atoms with Crippen LogP contribution in [0, 0.1) is 16.7 Å². The summed E-state index contributed by atoms with van der Waals surface area (Å²) in [7, 11) is 0. The molecule has 0 aromatic heterocycles. The van der Waals surface area contributed by atoms with Gasteiger partial charge in [-0.05, 0) is 26.2 Å². The van der Waals surface area contributed by atoms with E-state index in [2.05, 4.69) is 16.7 Å². The van der Waals surface area contributed by atoms with Crippen LogP contribution in [0.1, 0.15) is 46.0 Å².